The molecule has 0 aliphatic carbocycles. The van der Waals surface area contributed by atoms with Crippen molar-refractivity contribution >= 4 is 6.09 Å². The summed E-state index contributed by atoms with van der Waals surface area (Å²) in [6, 6.07) is 0. The molecule has 1 amide bonds. The van der Waals surface area contributed by atoms with Gasteiger partial charge in [0.1, 0.15) is 5.60 Å². The third-order valence-electron chi connectivity index (χ3n) is 3.68. The molecule has 1 fully saturated rings. The van der Waals surface area contributed by atoms with E-state index in [1.54, 1.807) is 0 Å². The number of nitrogens with zero attached hydrogens (tertiary/aromatic N) is 2. The number of ether oxygens (including phenoxy) is 2. The molecule has 0 aromatic carbocycles. The minimum absolute atomic E-state index is 0.172. The Bertz CT molecular complexity index is 315. The molecular weight excluding hydrogens is 268 g/mol. The predicted octanol–water partition coefficient (Wildman–Crippen LogP) is 2.60. The van der Waals surface area contributed by atoms with Crippen LogP contribution in [0.15, 0.2) is 0 Å². The first-order valence-corrected chi connectivity index (χ1v) is 8.06. The van der Waals surface area contributed by atoms with Gasteiger partial charge in [-0.3, -0.25) is 0 Å². The molecule has 0 saturated carbocycles. The van der Waals surface area contributed by atoms with Crippen LogP contribution in [0.25, 0.3) is 0 Å². The third-order valence-corrected chi connectivity index (χ3v) is 3.68. The molecule has 1 heterocycles. The highest BCUT2D eigenvalue weighted by Gasteiger charge is 2.29. The lowest BCUT2D eigenvalue weighted by Gasteiger charge is -2.24. The van der Waals surface area contributed by atoms with E-state index in [0.717, 1.165) is 52.2 Å². The van der Waals surface area contributed by atoms with E-state index < -0.39 is 5.60 Å². The maximum Gasteiger partial charge on any atom is 0.410 e. The SMILES string of the molecule is CCOCCN(C)CCC1CCN(C(=O)OC(C)(C)C)C1. The van der Waals surface area contributed by atoms with Gasteiger partial charge in [-0.25, -0.2) is 4.79 Å². The van der Waals surface area contributed by atoms with Crippen molar-refractivity contribution in [2.24, 2.45) is 5.92 Å². The zero-order chi connectivity index (χ0) is 15.9. The Morgan fingerprint density at radius 2 is 2.05 bits per heavy atom. The molecule has 1 unspecified atom stereocenters. The number of carbonyl (C=O) groups is 1. The largest absolute Gasteiger partial charge is 0.444 e. The van der Waals surface area contributed by atoms with Crippen LogP contribution in [-0.2, 0) is 9.47 Å². The summed E-state index contributed by atoms with van der Waals surface area (Å²) < 4.78 is 10.8. The van der Waals surface area contributed by atoms with Crippen molar-refractivity contribution in [2.75, 3.05) is 46.4 Å². The summed E-state index contributed by atoms with van der Waals surface area (Å²) in [5, 5.41) is 0. The molecule has 124 valence electrons. The fourth-order valence-corrected chi connectivity index (χ4v) is 2.44. The first-order chi connectivity index (χ1) is 9.81. The molecule has 1 rings (SSSR count). The first kappa shape index (κ1) is 18.2. The number of likely N-dealkylation sites (tertiary alicyclic amines) is 1. The zero-order valence-corrected chi connectivity index (χ0v) is 14.4. The van der Waals surface area contributed by atoms with Gasteiger partial charge in [0, 0.05) is 26.2 Å². The fraction of sp³-hybridized carbons (Fsp3) is 0.938. The summed E-state index contributed by atoms with van der Waals surface area (Å²) in [4.78, 5) is 16.1. The molecule has 0 N–H and O–H groups in total. The minimum atomic E-state index is -0.408. The molecule has 1 saturated heterocycles. The number of rotatable bonds is 7. The van der Waals surface area contributed by atoms with E-state index in [9.17, 15) is 4.79 Å². The van der Waals surface area contributed by atoms with Gasteiger partial charge in [0.25, 0.3) is 0 Å². The highest BCUT2D eigenvalue weighted by Crippen LogP contribution is 2.22. The van der Waals surface area contributed by atoms with Crippen LogP contribution in [-0.4, -0.2) is 67.9 Å². The number of hydrogen-bond acceptors (Lipinski definition) is 4. The molecule has 0 spiro atoms. The van der Waals surface area contributed by atoms with Crippen molar-refractivity contribution in [3.05, 3.63) is 0 Å². The van der Waals surface area contributed by atoms with Crippen molar-refractivity contribution in [2.45, 2.75) is 46.1 Å². The lowest BCUT2D eigenvalue weighted by atomic mass is 10.1. The van der Waals surface area contributed by atoms with Gasteiger partial charge < -0.3 is 19.3 Å². The molecular formula is C16H32N2O3. The van der Waals surface area contributed by atoms with Crippen LogP contribution >= 0.6 is 0 Å². The topological polar surface area (TPSA) is 42.0 Å². The van der Waals surface area contributed by atoms with Crippen molar-refractivity contribution in [1.82, 2.24) is 9.80 Å². The Kier molecular flexibility index (Phi) is 7.46. The van der Waals surface area contributed by atoms with Gasteiger partial charge in [0.15, 0.2) is 0 Å². The number of likely N-dealkylation sites (N-methyl/N-ethyl adjacent to an activating group) is 1. The van der Waals surface area contributed by atoms with Crippen LogP contribution < -0.4 is 0 Å². The van der Waals surface area contributed by atoms with E-state index in [2.05, 4.69) is 11.9 Å². The van der Waals surface area contributed by atoms with E-state index in [1.807, 2.05) is 32.6 Å². The highest BCUT2D eigenvalue weighted by atomic mass is 16.6. The smallest absolute Gasteiger partial charge is 0.410 e. The molecule has 1 aliphatic rings. The summed E-state index contributed by atoms with van der Waals surface area (Å²) in [5.74, 6) is 0.590. The normalized spacial score (nSPS) is 19.3. The van der Waals surface area contributed by atoms with Gasteiger partial charge in [-0.1, -0.05) is 0 Å². The van der Waals surface area contributed by atoms with Crippen LogP contribution in [0.3, 0.4) is 0 Å². The summed E-state index contributed by atoms with van der Waals surface area (Å²) in [6.07, 6.45) is 2.04. The van der Waals surface area contributed by atoms with E-state index in [1.165, 1.54) is 0 Å². The lowest BCUT2D eigenvalue weighted by Crippen LogP contribution is -2.35. The fourth-order valence-electron chi connectivity index (χ4n) is 2.44. The maximum absolute atomic E-state index is 12.0. The molecule has 1 atom stereocenters. The van der Waals surface area contributed by atoms with Crippen molar-refractivity contribution < 1.29 is 14.3 Å². The minimum Gasteiger partial charge on any atom is -0.444 e. The monoisotopic (exact) mass is 300 g/mol. The average Bonchev–Trinajstić information content (AvgIpc) is 2.83. The molecule has 5 heteroatoms. The number of amides is 1. The summed E-state index contributed by atoms with van der Waals surface area (Å²) >= 11 is 0. The Morgan fingerprint density at radius 1 is 1.33 bits per heavy atom. The van der Waals surface area contributed by atoms with E-state index >= 15 is 0 Å². The molecule has 5 nitrogen and oxygen atoms in total. The number of hydrogen-bond donors (Lipinski definition) is 0. The van der Waals surface area contributed by atoms with Gasteiger partial charge in [-0.2, -0.15) is 0 Å². The van der Waals surface area contributed by atoms with Crippen LogP contribution in [0.4, 0.5) is 4.79 Å². The molecule has 0 aromatic rings. The second-order valence-corrected chi connectivity index (χ2v) is 6.87. The highest BCUT2D eigenvalue weighted by molar-refractivity contribution is 5.68. The third kappa shape index (κ3) is 7.67. The van der Waals surface area contributed by atoms with Crippen molar-refractivity contribution in [3.8, 4) is 0 Å². The Balaban J connectivity index is 2.21. The molecule has 0 aromatic heterocycles. The quantitative estimate of drug-likeness (QED) is 0.678. The Morgan fingerprint density at radius 3 is 2.67 bits per heavy atom. The van der Waals surface area contributed by atoms with Crippen molar-refractivity contribution in [3.63, 3.8) is 0 Å². The van der Waals surface area contributed by atoms with Crippen LogP contribution in [0.5, 0.6) is 0 Å². The Labute approximate surface area is 129 Å². The van der Waals surface area contributed by atoms with Gasteiger partial charge in [-0.05, 0) is 60.0 Å². The van der Waals surface area contributed by atoms with E-state index in [0.29, 0.717) is 5.92 Å². The van der Waals surface area contributed by atoms with Crippen LogP contribution in [0.1, 0.15) is 40.5 Å². The summed E-state index contributed by atoms with van der Waals surface area (Å²) in [7, 11) is 2.12. The van der Waals surface area contributed by atoms with E-state index in [-0.39, 0.29) is 6.09 Å². The van der Waals surface area contributed by atoms with E-state index in [4.69, 9.17) is 9.47 Å². The summed E-state index contributed by atoms with van der Waals surface area (Å²) in [6.45, 7) is 13.0. The van der Waals surface area contributed by atoms with Gasteiger partial charge in [0.05, 0.1) is 6.61 Å². The summed E-state index contributed by atoms with van der Waals surface area (Å²) in [5.41, 5.74) is -0.408. The lowest BCUT2D eigenvalue weighted by molar-refractivity contribution is 0.0287. The standard InChI is InChI=1S/C16H32N2O3/c1-6-20-12-11-17(5)9-7-14-8-10-18(13-14)15(19)21-16(2,3)4/h14H,6-13H2,1-5H3. The molecule has 0 radical (unpaired) electrons. The average molecular weight is 300 g/mol. The second-order valence-electron chi connectivity index (χ2n) is 6.87. The van der Waals surface area contributed by atoms with Crippen LogP contribution in [0, 0.1) is 5.92 Å². The van der Waals surface area contributed by atoms with Gasteiger partial charge in [-0.15, -0.1) is 0 Å². The second kappa shape index (κ2) is 8.59. The molecule has 0 bridgehead atoms. The zero-order valence-electron chi connectivity index (χ0n) is 14.4. The predicted molar refractivity (Wildman–Crippen MR) is 84.5 cm³/mol. The van der Waals surface area contributed by atoms with Crippen molar-refractivity contribution in [1.29, 1.82) is 0 Å². The Hall–Kier alpha value is -0.810. The molecule has 21 heavy (non-hydrogen) atoms. The first-order valence-electron chi connectivity index (χ1n) is 8.06. The van der Waals surface area contributed by atoms with Gasteiger partial charge in [0.2, 0.25) is 0 Å². The van der Waals surface area contributed by atoms with Gasteiger partial charge >= 0.3 is 6.09 Å². The number of carbonyl (C=O) groups excluding carboxylic acids is 1. The van der Waals surface area contributed by atoms with Crippen LogP contribution in [0.2, 0.25) is 0 Å². The molecule has 1 aliphatic heterocycles. The maximum atomic E-state index is 12.0.